The lowest BCUT2D eigenvalue weighted by Crippen LogP contribution is -1.95. The van der Waals surface area contributed by atoms with Gasteiger partial charge in [0, 0.05) is 40.7 Å². The van der Waals surface area contributed by atoms with E-state index in [0.29, 0.717) is 0 Å². The summed E-state index contributed by atoms with van der Waals surface area (Å²) in [5.41, 5.74) is 2.31. The summed E-state index contributed by atoms with van der Waals surface area (Å²) >= 11 is 5.16. The maximum atomic E-state index is 4.42. The summed E-state index contributed by atoms with van der Waals surface area (Å²) in [4.78, 5) is 8.55. The van der Waals surface area contributed by atoms with E-state index in [2.05, 4.69) is 48.7 Å². The second-order valence-corrected chi connectivity index (χ2v) is 6.06. The normalized spacial score (nSPS) is 10.7. The summed E-state index contributed by atoms with van der Waals surface area (Å²) in [5.74, 6) is 0.862. The molecule has 0 aliphatic carbocycles. The predicted octanol–water partition coefficient (Wildman–Crippen LogP) is 4.32. The number of halogens is 1. The van der Waals surface area contributed by atoms with Crippen molar-refractivity contribution in [1.82, 2.24) is 14.5 Å². The van der Waals surface area contributed by atoms with E-state index in [1.807, 2.05) is 36.8 Å². The zero-order valence-corrected chi connectivity index (χ0v) is 13.0. The van der Waals surface area contributed by atoms with Gasteiger partial charge in [0.2, 0.25) is 0 Å². The molecule has 3 rings (SSSR count). The third-order valence-corrected chi connectivity index (χ3v) is 4.37. The molecule has 0 fully saturated rings. The van der Waals surface area contributed by atoms with E-state index in [1.165, 1.54) is 5.56 Å². The molecule has 5 heteroatoms. The number of pyridine rings is 1. The van der Waals surface area contributed by atoms with Crippen LogP contribution in [0, 0.1) is 0 Å². The summed E-state index contributed by atoms with van der Waals surface area (Å²) in [6.45, 7) is 0. The van der Waals surface area contributed by atoms with Crippen molar-refractivity contribution in [1.29, 1.82) is 0 Å². The third-order valence-electron chi connectivity index (χ3n) is 2.80. The number of imidazole rings is 1. The summed E-state index contributed by atoms with van der Waals surface area (Å²) < 4.78 is 3.17. The molecule has 2 aromatic heterocycles. The van der Waals surface area contributed by atoms with E-state index in [1.54, 1.807) is 18.0 Å². The highest BCUT2D eigenvalue weighted by Crippen LogP contribution is 2.24. The van der Waals surface area contributed by atoms with Crippen LogP contribution in [0.3, 0.4) is 0 Å². The quantitative estimate of drug-likeness (QED) is 0.659. The lowest BCUT2D eigenvalue weighted by atomic mass is 10.3. The molecule has 0 atom stereocenters. The van der Waals surface area contributed by atoms with Crippen LogP contribution >= 0.6 is 27.7 Å². The molecule has 0 bridgehead atoms. The maximum absolute atomic E-state index is 4.42. The van der Waals surface area contributed by atoms with Crippen molar-refractivity contribution in [3.63, 3.8) is 0 Å². The standard InChI is InChI=1S/C15H12BrN3S/c16-13-3-5-14(6-4-13)19-9-8-18-15(19)20-11-12-2-1-7-17-10-12/h1-10H,11H2. The SMILES string of the molecule is Brc1ccc(-n2ccnc2SCc2cccnc2)cc1. The van der Waals surface area contributed by atoms with Crippen molar-refractivity contribution in [2.45, 2.75) is 10.9 Å². The zero-order chi connectivity index (χ0) is 13.8. The molecule has 0 aliphatic rings. The van der Waals surface area contributed by atoms with Gasteiger partial charge in [-0.05, 0) is 35.9 Å². The van der Waals surface area contributed by atoms with Crippen molar-refractivity contribution in [2.75, 3.05) is 0 Å². The van der Waals surface area contributed by atoms with Gasteiger partial charge in [-0.1, -0.05) is 33.8 Å². The fourth-order valence-corrected chi connectivity index (χ4v) is 3.00. The highest BCUT2D eigenvalue weighted by molar-refractivity contribution is 9.10. The van der Waals surface area contributed by atoms with Gasteiger partial charge in [-0.2, -0.15) is 0 Å². The predicted molar refractivity (Wildman–Crippen MR) is 85.1 cm³/mol. The molecule has 0 radical (unpaired) electrons. The maximum Gasteiger partial charge on any atom is 0.172 e. The Balaban J connectivity index is 1.78. The molecule has 0 aliphatic heterocycles. The number of rotatable bonds is 4. The number of aromatic nitrogens is 3. The van der Waals surface area contributed by atoms with Crippen molar-refractivity contribution in [2.24, 2.45) is 0 Å². The van der Waals surface area contributed by atoms with E-state index >= 15 is 0 Å². The van der Waals surface area contributed by atoms with Gasteiger partial charge in [0.1, 0.15) is 0 Å². The van der Waals surface area contributed by atoms with Crippen LogP contribution in [0.2, 0.25) is 0 Å². The Labute approximate surface area is 130 Å². The molecule has 0 unspecified atom stereocenters. The van der Waals surface area contributed by atoms with Crippen LogP contribution in [-0.4, -0.2) is 14.5 Å². The topological polar surface area (TPSA) is 30.7 Å². The number of nitrogens with zero attached hydrogens (tertiary/aromatic N) is 3. The van der Waals surface area contributed by atoms with E-state index in [4.69, 9.17) is 0 Å². The van der Waals surface area contributed by atoms with Gasteiger partial charge in [0.25, 0.3) is 0 Å². The van der Waals surface area contributed by atoms with Gasteiger partial charge in [-0.15, -0.1) is 0 Å². The van der Waals surface area contributed by atoms with Gasteiger partial charge < -0.3 is 0 Å². The monoisotopic (exact) mass is 345 g/mol. The second kappa shape index (κ2) is 6.24. The highest BCUT2D eigenvalue weighted by Gasteiger charge is 2.06. The van der Waals surface area contributed by atoms with Crippen LogP contribution in [0.5, 0.6) is 0 Å². The molecule has 0 saturated heterocycles. The molecule has 3 nitrogen and oxygen atoms in total. The molecule has 3 aromatic rings. The van der Waals surface area contributed by atoms with Crippen molar-refractivity contribution in [3.8, 4) is 5.69 Å². The summed E-state index contributed by atoms with van der Waals surface area (Å²) in [6, 6.07) is 12.2. The Morgan fingerprint density at radius 2 is 1.95 bits per heavy atom. The molecule has 2 heterocycles. The van der Waals surface area contributed by atoms with E-state index in [9.17, 15) is 0 Å². The van der Waals surface area contributed by atoms with Gasteiger partial charge in [0.05, 0.1) is 0 Å². The molecule has 0 saturated carbocycles. The van der Waals surface area contributed by atoms with Gasteiger partial charge >= 0.3 is 0 Å². The molecule has 0 spiro atoms. The van der Waals surface area contributed by atoms with Gasteiger partial charge in [-0.3, -0.25) is 9.55 Å². The van der Waals surface area contributed by atoms with Crippen LogP contribution in [0.1, 0.15) is 5.56 Å². The first-order valence-electron chi connectivity index (χ1n) is 6.14. The van der Waals surface area contributed by atoms with Crippen LogP contribution in [0.15, 0.2) is 70.8 Å². The van der Waals surface area contributed by atoms with Gasteiger partial charge in [-0.25, -0.2) is 4.98 Å². The minimum absolute atomic E-state index is 0.862. The number of hydrogen-bond donors (Lipinski definition) is 0. The Morgan fingerprint density at radius 3 is 2.70 bits per heavy atom. The molecule has 1 aromatic carbocycles. The first-order valence-corrected chi connectivity index (χ1v) is 7.92. The fourth-order valence-electron chi connectivity index (χ4n) is 1.83. The Bertz CT molecular complexity index is 680. The molecule has 0 N–H and O–H groups in total. The third kappa shape index (κ3) is 3.11. The summed E-state index contributed by atoms with van der Waals surface area (Å²) in [7, 11) is 0. The molecular weight excluding hydrogens is 334 g/mol. The first-order chi connectivity index (χ1) is 9.83. The number of hydrogen-bond acceptors (Lipinski definition) is 3. The van der Waals surface area contributed by atoms with E-state index in [0.717, 1.165) is 21.1 Å². The molecule has 0 amide bonds. The fraction of sp³-hybridized carbons (Fsp3) is 0.0667. The average molecular weight is 346 g/mol. The van der Waals surface area contributed by atoms with Crippen molar-refractivity contribution in [3.05, 3.63) is 71.2 Å². The molecule has 100 valence electrons. The number of thioether (sulfide) groups is 1. The Kier molecular flexibility index (Phi) is 4.18. The van der Waals surface area contributed by atoms with Crippen LogP contribution in [-0.2, 0) is 5.75 Å². The second-order valence-electron chi connectivity index (χ2n) is 4.21. The average Bonchev–Trinajstić information content (AvgIpc) is 2.95. The Hall–Kier alpha value is -1.59. The molecular formula is C15H12BrN3S. The van der Waals surface area contributed by atoms with Crippen molar-refractivity contribution >= 4 is 27.7 Å². The first kappa shape index (κ1) is 13.4. The lowest BCUT2D eigenvalue weighted by Gasteiger charge is -2.07. The largest absolute Gasteiger partial charge is 0.295 e. The van der Waals surface area contributed by atoms with Crippen LogP contribution < -0.4 is 0 Å². The molecule has 20 heavy (non-hydrogen) atoms. The summed E-state index contributed by atoms with van der Waals surface area (Å²) in [6.07, 6.45) is 7.49. The van der Waals surface area contributed by atoms with Gasteiger partial charge in [0.15, 0.2) is 5.16 Å². The Morgan fingerprint density at radius 1 is 1.10 bits per heavy atom. The zero-order valence-electron chi connectivity index (χ0n) is 10.6. The highest BCUT2D eigenvalue weighted by atomic mass is 79.9. The number of benzene rings is 1. The van der Waals surface area contributed by atoms with Crippen molar-refractivity contribution < 1.29 is 0 Å². The smallest absolute Gasteiger partial charge is 0.172 e. The minimum atomic E-state index is 0.862. The van der Waals surface area contributed by atoms with Crippen LogP contribution in [0.25, 0.3) is 5.69 Å². The van der Waals surface area contributed by atoms with E-state index in [-0.39, 0.29) is 0 Å². The lowest BCUT2D eigenvalue weighted by molar-refractivity contribution is 0.894. The summed E-state index contributed by atoms with van der Waals surface area (Å²) in [5, 5.41) is 0.983. The minimum Gasteiger partial charge on any atom is -0.295 e. The van der Waals surface area contributed by atoms with Crippen LogP contribution in [0.4, 0.5) is 0 Å². The van der Waals surface area contributed by atoms with E-state index < -0.39 is 0 Å².